The largest absolute Gasteiger partial charge is 0.478 e. The van der Waals surface area contributed by atoms with Crippen LogP contribution in [0.1, 0.15) is 32.5 Å². The Morgan fingerprint density at radius 1 is 1.16 bits per heavy atom. The molecular weight excluding hydrogens is 447 g/mol. The number of aromatic nitrogens is 1. The third-order valence-electron chi connectivity index (χ3n) is 4.43. The normalized spacial score (nSPS) is 11.7. The summed E-state index contributed by atoms with van der Waals surface area (Å²) in [4.78, 5) is 41.3. The molecule has 1 unspecified atom stereocenters. The second-order valence-electron chi connectivity index (χ2n) is 6.47. The van der Waals surface area contributed by atoms with Gasteiger partial charge in [0.15, 0.2) is 5.13 Å². The molecule has 0 radical (unpaired) electrons. The van der Waals surface area contributed by atoms with E-state index in [4.69, 9.17) is 28.2 Å². The quantitative estimate of drug-likeness (QED) is 0.457. The lowest BCUT2D eigenvalue weighted by molar-refractivity contribution is -0.118. The molecule has 8 nitrogen and oxygen atoms in total. The fraction of sp³-hybridized carbons (Fsp3) is 0.100. The first kappa shape index (κ1) is 22.2. The van der Waals surface area contributed by atoms with Crippen molar-refractivity contribution in [2.45, 2.75) is 13.0 Å². The third kappa shape index (κ3) is 4.49. The summed E-state index contributed by atoms with van der Waals surface area (Å²) < 4.78 is 14.0. The standard InChI is InChI=1S/C20H16ClFN4O4S/c1-9(18(24)28)26(12-6-7-13(21)14(22)8-12)20-25-17(23)16(31-20)15(27)10-2-4-11(5-3-10)19(29)30/h2-9H,23H2,1H3,(H2,24,28)(H,29,30). The molecule has 1 atom stereocenters. The fourth-order valence-corrected chi connectivity index (χ4v) is 3.91. The molecule has 0 saturated heterocycles. The van der Waals surface area contributed by atoms with Gasteiger partial charge in [0.25, 0.3) is 0 Å². The SMILES string of the molecule is CC(C(N)=O)N(c1ccc(Cl)c(F)c1)c1nc(N)c(C(=O)c2ccc(C(=O)O)cc2)s1. The van der Waals surface area contributed by atoms with Crippen molar-refractivity contribution >= 4 is 57.2 Å². The van der Waals surface area contributed by atoms with Crippen LogP contribution in [0.3, 0.4) is 0 Å². The predicted octanol–water partition coefficient (Wildman–Crippen LogP) is 3.46. The van der Waals surface area contributed by atoms with Crippen LogP contribution in [-0.2, 0) is 4.79 Å². The Hall–Kier alpha value is -3.50. The van der Waals surface area contributed by atoms with Gasteiger partial charge in [0.1, 0.15) is 22.6 Å². The third-order valence-corrected chi connectivity index (χ3v) is 5.80. The Bertz CT molecular complexity index is 1180. The maximum absolute atomic E-state index is 14.0. The first-order valence-electron chi connectivity index (χ1n) is 8.78. The summed E-state index contributed by atoms with van der Waals surface area (Å²) in [5.74, 6) is -3.11. The van der Waals surface area contributed by atoms with E-state index in [1.165, 1.54) is 48.2 Å². The van der Waals surface area contributed by atoms with Crippen LogP contribution in [0, 0.1) is 5.82 Å². The Morgan fingerprint density at radius 3 is 2.32 bits per heavy atom. The molecule has 0 bridgehead atoms. The van der Waals surface area contributed by atoms with E-state index in [9.17, 15) is 18.8 Å². The number of carbonyl (C=O) groups is 3. The molecule has 31 heavy (non-hydrogen) atoms. The van der Waals surface area contributed by atoms with Crippen LogP contribution in [0.4, 0.5) is 21.0 Å². The van der Waals surface area contributed by atoms with Crippen molar-refractivity contribution in [3.63, 3.8) is 0 Å². The molecule has 2 aromatic carbocycles. The van der Waals surface area contributed by atoms with Crippen LogP contribution >= 0.6 is 22.9 Å². The number of carboxylic acids is 1. The summed E-state index contributed by atoms with van der Waals surface area (Å²) in [5, 5.41) is 9.04. The molecule has 0 fully saturated rings. The molecule has 3 rings (SSSR count). The lowest BCUT2D eigenvalue weighted by atomic mass is 10.1. The average molecular weight is 463 g/mol. The van der Waals surface area contributed by atoms with Crippen LogP contribution in [-0.4, -0.2) is 33.8 Å². The van der Waals surface area contributed by atoms with Gasteiger partial charge in [0, 0.05) is 11.3 Å². The molecular formula is C20H16ClFN4O4S. The molecule has 3 aromatic rings. The zero-order valence-electron chi connectivity index (χ0n) is 16.0. The van der Waals surface area contributed by atoms with E-state index in [0.717, 1.165) is 17.4 Å². The van der Waals surface area contributed by atoms with Gasteiger partial charge < -0.3 is 21.5 Å². The van der Waals surface area contributed by atoms with Gasteiger partial charge in [-0.05, 0) is 37.3 Å². The molecule has 1 amide bonds. The van der Waals surface area contributed by atoms with Crippen LogP contribution in [0.2, 0.25) is 5.02 Å². The Morgan fingerprint density at radius 2 is 1.77 bits per heavy atom. The molecule has 11 heteroatoms. The van der Waals surface area contributed by atoms with Gasteiger partial charge in [-0.1, -0.05) is 35.1 Å². The molecule has 0 aliphatic rings. The Kier molecular flexibility index (Phi) is 6.23. The Balaban J connectivity index is 2.03. The van der Waals surface area contributed by atoms with Crippen molar-refractivity contribution in [1.82, 2.24) is 4.98 Å². The molecule has 0 spiro atoms. The highest BCUT2D eigenvalue weighted by Crippen LogP contribution is 2.36. The number of thiazole rings is 1. The summed E-state index contributed by atoms with van der Waals surface area (Å²) in [6.07, 6.45) is 0. The number of ketones is 1. The lowest BCUT2D eigenvalue weighted by Gasteiger charge is -2.26. The predicted molar refractivity (Wildman–Crippen MR) is 116 cm³/mol. The first-order chi connectivity index (χ1) is 14.6. The van der Waals surface area contributed by atoms with E-state index in [2.05, 4.69) is 4.98 Å². The van der Waals surface area contributed by atoms with Gasteiger partial charge in [0.05, 0.1) is 10.6 Å². The van der Waals surface area contributed by atoms with Gasteiger partial charge in [-0.25, -0.2) is 14.2 Å². The lowest BCUT2D eigenvalue weighted by Crippen LogP contribution is -2.40. The monoisotopic (exact) mass is 462 g/mol. The van der Waals surface area contributed by atoms with E-state index >= 15 is 0 Å². The number of aromatic carboxylic acids is 1. The molecule has 1 aromatic heterocycles. The minimum Gasteiger partial charge on any atom is -0.478 e. The topological polar surface area (TPSA) is 140 Å². The number of carbonyl (C=O) groups excluding carboxylic acids is 2. The van der Waals surface area contributed by atoms with Crippen LogP contribution < -0.4 is 16.4 Å². The molecule has 160 valence electrons. The highest BCUT2D eigenvalue weighted by Gasteiger charge is 2.28. The number of amides is 1. The number of anilines is 3. The summed E-state index contributed by atoms with van der Waals surface area (Å²) >= 11 is 6.64. The number of nitrogens with two attached hydrogens (primary N) is 2. The smallest absolute Gasteiger partial charge is 0.335 e. The van der Waals surface area contributed by atoms with Gasteiger partial charge in [-0.2, -0.15) is 0 Å². The molecule has 5 N–H and O–H groups in total. The van der Waals surface area contributed by atoms with E-state index in [1.54, 1.807) is 0 Å². The number of hydrogen-bond donors (Lipinski definition) is 3. The molecule has 1 heterocycles. The van der Waals surface area contributed by atoms with Gasteiger partial charge in [-0.3, -0.25) is 9.59 Å². The van der Waals surface area contributed by atoms with E-state index in [1.807, 2.05) is 0 Å². The first-order valence-corrected chi connectivity index (χ1v) is 9.97. The number of hydrogen-bond acceptors (Lipinski definition) is 7. The zero-order valence-corrected chi connectivity index (χ0v) is 17.6. The van der Waals surface area contributed by atoms with Gasteiger partial charge in [0.2, 0.25) is 11.7 Å². The molecule has 0 saturated carbocycles. The average Bonchev–Trinajstić information content (AvgIpc) is 3.11. The molecule has 0 aliphatic heterocycles. The number of rotatable bonds is 7. The minimum atomic E-state index is -1.12. The zero-order chi connectivity index (χ0) is 22.9. The maximum Gasteiger partial charge on any atom is 0.335 e. The van der Waals surface area contributed by atoms with Crippen LogP contribution in [0.25, 0.3) is 0 Å². The number of primary amides is 1. The van der Waals surface area contributed by atoms with Crippen molar-refractivity contribution in [2.24, 2.45) is 5.73 Å². The summed E-state index contributed by atoms with van der Waals surface area (Å²) in [7, 11) is 0. The number of benzene rings is 2. The van der Waals surface area contributed by atoms with Crippen LogP contribution in [0.5, 0.6) is 0 Å². The second-order valence-corrected chi connectivity index (χ2v) is 7.85. The van der Waals surface area contributed by atoms with Crippen molar-refractivity contribution in [3.8, 4) is 0 Å². The number of nitrogen functional groups attached to an aromatic ring is 1. The van der Waals surface area contributed by atoms with E-state index in [0.29, 0.717) is 0 Å². The number of nitrogens with zero attached hydrogens (tertiary/aromatic N) is 2. The van der Waals surface area contributed by atoms with Crippen molar-refractivity contribution in [3.05, 3.63) is 69.3 Å². The van der Waals surface area contributed by atoms with E-state index in [-0.39, 0.29) is 37.7 Å². The molecule has 0 aliphatic carbocycles. The van der Waals surface area contributed by atoms with Crippen molar-refractivity contribution < 1.29 is 23.9 Å². The van der Waals surface area contributed by atoms with Gasteiger partial charge >= 0.3 is 5.97 Å². The summed E-state index contributed by atoms with van der Waals surface area (Å²) in [6, 6.07) is 8.30. The van der Waals surface area contributed by atoms with E-state index < -0.39 is 29.5 Å². The van der Waals surface area contributed by atoms with Gasteiger partial charge in [-0.15, -0.1) is 0 Å². The van der Waals surface area contributed by atoms with Crippen LogP contribution in [0.15, 0.2) is 42.5 Å². The number of carboxylic acid groups (broad SMARTS) is 1. The highest BCUT2D eigenvalue weighted by molar-refractivity contribution is 7.18. The second kappa shape index (κ2) is 8.70. The summed E-state index contributed by atoms with van der Waals surface area (Å²) in [5.41, 5.74) is 11.9. The van der Waals surface area contributed by atoms with Crippen molar-refractivity contribution in [2.75, 3.05) is 10.6 Å². The van der Waals surface area contributed by atoms with Crippen molar-refractivity contribution in [1.29, 1.82) is 0 Å². The summed E-state index contributed by atoms with van der Waals surface area (Å²) in [6.45, 7) is 1.50. The number of halogens is 2. The Labute approximate surface area is 184 Å². The minimum absolute atomic E-state index is 0.0285. The highest BCUT2D eigenvalue weighted by atomic mass is 35.5. The maximum atomic E-state index is 14.0. The fourth-order valence-electron chi connectivity index (χ4n) is 2.74.